The van der Waals surface area contributed by atoms with Crippen LogP contribution in [-0.4, -0.2) is 31.4 Å². The standard InChI is InChI=1S/C6H9ClF4O/c7-2-1-3-12-4-6(10,11)5(8)9/h5H,1-4H2. The van der Waals surface area contributed by atoms with Crippen LogP contribution in [0.15, 0.2) is 0 Å². The number of hydrogen-bond acceptors (Lipinski definition) is 1. The lowest BCUT2D eigenvalue weighted by atomic mass is 10.4. The number of halogens is 5. The molecule has 0 aromatic carbocycles. The van der Waals surface area contributed by atoms with Crippen LogP contribution in [0.5, 0.6) is 0 Å². The molecular formula is C6H9ClF4O. The summed E-state index contributed by atoms with van der Waals surface area (Å²) in [4.78, 5) is 0. The molecule has 0 atom stereocenters. The quantitative estimate of drug-likeness (QED) is 0.370. The molecule has 74 valence electrons. The Labute approximate surface area is 72.6 Å². The number of rotatable bonds is 6. The number of hydrogen-bond donors (Lipinski definition) is 0. The van der Waals surface area contributed by atoms with Gasteiger partial charge in [-0.05, 0) is 6.42 Å². The lowest BCUT2D eigenvalue weighted by molar-refractivity contribution is -0.165. The molecule has 0 aromatic rings. The first kappa shape index (κ1) is 12.0. The van der Waals surface area contributed by atoms with Gasteiger partial charge in [-0.3, -0.25) is 0 Å². The molecule has 6 heteroatoms. The fraction of sp³-hybridized carbons (Fsp3) is 1.00. The first-order chi connectivity index (χ1) is 5.50. The van der Waals surface area contributed by atoms with Gasteiger partial charge in [-0.15, -0.1) is 11.6 Å². The normalized spacial score (nSPS) is 12.5. The van der Waals surface area contributed by atoms with Gasteiger partial charge in [0.05, 0.1) is 0 Å². The Kier molecular flexibility index (Phi) is 5.57. The third-order valence-corrected chi connectivity index (χ3v) is 1.30. The van der Waals surface area contributed by atoms with Crippen molar-refractivity contribution in [2.24, 2.45) is 0 Å². The summed E-state index contributed by atoms with van der Waals surface area (Å²) in [5.41, 5.74) is 0. The molecule has 0 aliphatic carbocycles. The van der Waals surface area contributed by atoms with Crippen molar-refractivity contribution in [1.82, 2.24) is 0 Å². The first-order valence-corrected chi connectivity index (χ1v) is 3.84. The molecule has 0 N–H and O–H groups in total. The van der Waals surface area contributed by atoms with E-state index in [1.54, 1.807) is 0 Å². The van der Waals surface area contributed by atoms with Gasteiger partial charge in [0, 0.05) is 12.5 Å². The second-order valence-corrected chi connectivity index (χ2v) is 2.53. The predicted octanol–water partition coefficient (Wildman–Crippen LogP) is 2.53. The highest BCUT2D eigenvalue weighted by Gasteiger charge is 2.40. The van der Waals surface area contributed by atoms with Crippen molar-refractivity contribution >= 4 is 11.6 Å². The summed E-state index contributed by atoms with van der Waals surface area (Å²) in [6, 6.07) is 0. The van der Waals surface area contributed by atoms with Crippen LogP contribution in [0.2, 0.25) is 0 Å². The van der Waals surface area contributed by atoms with Crippen LogP contribution in [0.4, 0.5) is 17.6 Å². The van der Waals surface area contributed by atoms with E-state index in [-0.39, 0.29) is 12.5 Å². The maximum atomic E-state index is 12.1. The minimum Gasteiger partial charge on any atom is -0.375 e. The van der Waals surface area contributed by atoms with E-state index in [9.17, 15) is 17.6 Å². The van der Waals surface area contributed by atoms with Crippen molar-refractivity contribution in [3.8, 4) is 0 Å². The monoisotopic (exact) mass is 208 g/mol. The van der Waals surface area contributed by atoms with Crippen molar-refractivity contribution in [3.05, 3.63) is 0 Å². The second-order valence-electron chi connectivity index (χ2n) is 2.16. The van der Waals surface area contributed by atoms with Crippen molar-refractivity contribution in [2.75, 3.05) is 19.1 Å². The molecule has 0 spiro atoms. The van der Waals surface area contributed by atoms with Crippen LogP contribution >= 0.6 is 11.6 Å². The molecule has 0 aromatic heterocycles. The average molecular weight is 209 g/mol. The summed E-state index contributed by atoms with van der Waals surface area (Å²) >= 11 is 5.20. The van der Waals surface area contributed by atoms with Crippen molar-refractivity contribution < 1.29 is 22.3 Å². The fourth-order valence-corrected chi connectivity index (χ4v) is 0.537. The Bertz CT molecular complexity index is 120. The topological polar surface area (TPSA) is 9.23 Å². The van der Waals surface area contributed by atoms with E-state index >= 15 is 0 Å². The average Bonchev–Trinajstić information content (AvgIpc) is 1.98. The highest BCUT2D eigenvalue weighted by atomic mass is 35.5. The molecule has 0 rings (SSSR count). The van der Waals surface area contributed by atoms with E-state index in [1.807, 2.05) is 0 Å². The first-order valence-electron chi connectivity index (χ1n) is 3.30. The van der Waals surface area contributed by atoms with Crippen molar-refractivity contribution in [1.29, 1.82) is 0 Å². The van der Waals surface area contributed by atoms with Gasteiger partial charge in [-0.2, -0.15) is 8.78 Å². The summed E-state index contributed by atoms with van der Waals surface area (Å²) in [5.74, 6) is -3.79. The third kappa shape index (κ3) is 4.77. The van der Waals surface area contributed by atoms with Gasteiger partial charge in [-0.25, -0.2) is 8.78 Å². The molecule has 0 saturated heterocycles. The molecule has 0 unspecified atom stereocenters. The molecule has 0 saturated carbocycles. The summed E-state index contributed by atoms with van der Waals surface area (Å²) in [6.07, 6.45) is -3.30. The maximum Gasteiger partial charge on any atom is 0.330 e. The molecule has 0 aliphatic heterocycles. The molecule has 0 heterocycles. The van der Waals surface area contributed by atoms with Gasteiger partial charge in [0.2, 0.25) is 0 Å². The van der Waals surface area contributed by atoms with Crippen LogP contribution in [0.3, 0.4) is 0 Å². The van der Waals surface area contributed by atoms with E-state index in [2.05, 4.69) is 4.74 Å². The lowest BCUT2D eigenvalue weighted by Gasteiger charge is -2.14. The third-order valence-electron chi connectivity index (χ3n) is 1.04. The largest absolute Gasteiger partial charge is 0.375 e. The Morgan fingerprint density at radius 3 is 2.33 bits per heavy atom. The summed E-state index contributed by atoms with van der Waals surface area (Å²) in [5, 5.41) is 0. The van der Waals surface area contributed by atoms with Gasteiger partial charge in [0.25, 0.3) is 0 Å². The summed E-state index contributed by atoms with van der Waals surface area (Å²) in [6.45, 7) is -1.27. The van der Waals surface area contributed by atoms with Crippen LogP contribution in [-0.2, 0) is 4.74 Å². The highest BCUT2D eigenvalue weighted by Crippen LogP contribution is 2.22. The SMILES string of the molecule is FC(F)C(F)(F)COCCCCl. The molecule has 1 nitrogen and oxygen atoms in total. The lowest BCUT2D eigenvalue weighted by Crippen LogP contribution is -2.32. The van der Waals surface area contributed by atoms with Crippen LogP contribution in [0.1, 0.15) is 6.42 Å². The van der Waals surface area contributed by atoms with Gasteiger partial charge in [0.15, 0.2) is 0 Å². The van der Waals surface area contributed by atoms with Crippen LogP contribution in [0, 0.1) is 0 Å². The smallest absolute Gasteiger partial charge is 0.330 e. The Morgan fingerprint density at radius 1 is 1.33 bits per heavy atom. The summed E-state index contributed by atoms with van der Waals surface area (Å²) in [7, 11) is 0. The van der Waals surface area contributed by atoms with Crippen molar-refractivity contribution in [2.45, 2.75) is 18.8 Å². The Morgan fingerprint density at radius 2 is 1.92 bits per heavy atom. The van der Waals surface area contributed by atoms with Crippen molar-refractivity contribution in [3.63, 3.8) is 0 Å². The molecule has 0 radical (unpaired) electrons. The van der Waals surface area contributed by atoms with E-state index in [0.29, 0.717) is 6.42 Å². The van der Waals surface area contributed by atoms with Crippen LogP contribution < -0.4 is 0 Å². The molecule has 0 aliphatic rings. The molecule has 0 amide bonds. The number of ether oxygens (including phenoxy) is 1. The van der Waals surface area contributed by atoms with E-state index < -0.39 is 19.0 Å². The molecular weight excluding hydrogens is 200 g/mol. The molecule has 0 bridgehead atoms. The second kappa shape index (κ2) is 5.59. The van der Waals surface area contributed by atoms with E-state index in [1.165, 1.54) is 0 Å². The van der Waals surface area contributed by atoms with E-state index in [0.717, 1.165) is 0 Å². The highest BCUT2D eigenvalue weighted by molar-refractivity contribution is 6.17. The van der Waals surface area contributed by atoms with Crippen LogP contribution in [0.25, 0.3) is 0 Å². The van der Waals surface area contributed by atoms with E-state index in [4.69, 9.17) is 11.6 Å². The zero-order chi connectivity index (χ0) is 9.61. The Balaban J connectivity index is 3.47. The molecule has 0 fully saturated rings. The van der Waals surface area contributed by atoms with Gasteiger partial charge in [-0.1, -0.05) is 0 Å². The summed E-state index contributed by atoms with van der Waals surface area (Å²) < 4.78 is 51.3. The zero-order valence-corrected chi connectivity index (χ0v) is 6.96. The molecule has 12 heavy (non-hydrogen) atoms. The Hall–Kier alpha value is -0.0300. The minimum absolute atomic E-state index is 0.0220. The fourth-order valence-electron chi connectivity index (χ4n) is 0.428. The predicted molar refractivity (Wildman–Crippen MR) is 37.1 cm³/mol. The van der Waals surface area contributed by atoms with Gasteiger partial charge in [0.1, 0.15) is 6.61 Å². The maximum absolute atomic E-state index is 12.1. The minimum atomic E-state index is -4.05. The number of alkyl halides is 5. The van der Waals surface area contributed by atoms with Gasteiger partial charge >= 0.3 is 12.3 Å². The van der Waals surface area contributed by atoms with Gasteiger partial charge < -0.3 is 4.74 Å². The zero-order valence-electron chi connectivity index (χ0n) is 6.20.